The molecule has 0 atom stereocenters. The van der Waals surface area contributed by atoms with Crippen molar-refractivity contribution in [1.82, 2.24) is 0 Å². The van der Waals surface area contributed by atoms with E-state index in [0.29, 0.717) is 22.7 Å². The number of hydrogen-bond acceptors (Lipinski definition) is 5. The highest BCUT2D eigenvalue weighted by Gasteiger charge is 2.20. The van der Waals surface area contributed by atoms with Crippen LogP contribution in [0, 0.1) is 17.0 Å². The molecule has 1 N–H and O–H groups in total. The molecule has 2 amide bonds. The number of benzene rings is 4. The first-order valence-electron chi connectivity index (χ1n) is 12.0. The second-order valence-electron chi connectivity index (χ2n) is 8.80. The van der Waals surface area contributed by atoms with Gasteiger partial charge in [-0.2, -0.15) is 0 Å². The number of rotatable bonds is 9. The maximum Gasteiger partial charge on any atom is 0.269 e. The molecule has 0 aliphatic heterocycles. The Morgan fingerprint density at radius 1 is 0.895 bits per heavy atom. The Morgan fingerprint density at radius 3 is 2.21 bits per heavy atom. The number of nitrogens with zero attached hydrogens (tertiary/aromatic N) is 2. The van der Waals surface area contributed by atoms with Crippen molar-refractivity contribution in [1.29, 1.82) is 0 Å². The number of carbonyl (C=O) groups excluding carboxylic acids is 2. The van der Waals surface area contributed by atoms with Crippen molar-refractivity contribution in [2.75, 3.05) is 17.3 Å². The van der Waals surface area contributed by atoms with Crippen molar-refractivity contribution < 1.29 is 19.2 Å². The maximum atomic E-state index is 13.6. The average Bonchev–Trinajstić information content (AvgIpc) is 2.93. The van der Waals surface area contributed by atoms with Crippen LogP contribution in [0.1, 0.15) is 27.0 Å². The summed E-state index contributed by atoms with van der Waals surface area (Å²) in [6.07, 6.45) is 0.115. The summed E-state index contributed by atoms with van der Waals surface area (Å²) >= 11 is 0. The van der Waals surface area contributed by atoms with Crippen LogP contribution in [0.5, 0.6) is 5.75 Å². The van der Waals surface area contributed by atoms with Crippen LogP contribution < -0.4 is 15.0 Å². The normalized spacial score (nSPS) is 10.5. The third kappa shape index (κ3) is 6.61. The lowest BCUT2D eigenvalue weighted by molar-refractivity contribution is -0.384. The van der Waals surface area contributed by atoms with E-state index in [0.717, 1.165) is 16.7 Å². The minimum absolute atomic E-state index is 0.0866. The van der Waals surface area contributed by atoms with Crippen molar-refractivity contribution in [2.24, 2.45) is 0 Å². The molecule has 0 bridgehead atoms. The molecule has 0 saturated heterocycles. The molecule has 8 nitrogen and oxygen atoms in total. The van der Waals surface area contributed by atoms with Gasteiger partial charge < -0.3 is 15.0 Å². The van der Waals surface area contributed by atoms with Crippen molar-refractivity contribution in [2.45, 2.75) is 19.9 Å². The van der Waals surface area contributed by atoms with Crippen LogP contribution in [-0.2, 0) is 17.8 Å². The zero-order chi connectivity index (χ0) is 27.1. The number of nitrogens with one attached hydrogen (secondary N) is 1. The van der Waals surface area contributed by atoms with Gasteiger partial charge in [0, 0.05) is 29.1 Å². The molecule has 0 radical (unpaired) electrons. The fourth-order valence-electron chi connectivity index (χ4n) is 3.94. The predicted octanol–water partition coefficient (Wildman–Crippen LogP) is 5.94. The minimum atomic E-state index is -0.501. The quantitative estimate of drug-likeness (QED) is 0.222. The van der Waals surface area contributed by atoms with E-state index in [1.165, 1.54) is 24.3 Å². The molecule has 0 spiro atoms. The van der Waals surface area contributed by atoms with E-state index in [1.54, 1.807) is 42.3 Å². The number of methoxy groups -OCH3 is 1. The number of aryl methyl sites for hydroxylation is 1. The number of nitro benzene ring substituents is 1. The summed E-state index contributed by atoms with van der Waals surface area (Å²) in [6.45, 7) is 2.28. The minimum Gasteiger partial charge on any atom is -0.497 e. The molecule has 4 aromatic rings. The molecule has 0 saturated carbocycles. The SMILES string of the molecule is COc1ccc(NC(=O)Cc2cccc(N(Cc3ccc(C)cc3)C(=O)c3ccc([N+](=O)[O-])cc3)c2)cc1. The van der Waals surface area contributed by atoms with Gasteiger partial charge in [-0.05, 0) is 66.6 Å². The van der Waals surface area contributed by atoms with E-state index in [1.807, 2.05) is 49.4 Å². The standard InChI is InChI=1S/C30H27N3O5/c1-21-6-8-22(9-7-21)20-32(30(35)24-10-14-26(15-11-24)33(36)37)27-5-3-4-23(18-27)19-29(34)31-25-12-16-28(38-2)17-13-25/h3-18H,19-20H2,1-2H3,(H,31,34). The number of carbonyl (C=O) groups is 2. The Kier molecular flexibility index (Phi) is 8.13. The van der Waals surface area contributed by atoms with Crippen LogP contribution in [-0.4, -0.2) is 23.8 Å². The van der Waals surface area contributed by atoms with Crippen LogP contribution in [0.15, 0.2) is 97.1 Å². The van der Waals surface area contributed by atoms with Gasteiger partial charge in [0.05, 0.1) is 25.0 Å². The Hall–Kier alpha value is -4.98. The van der Waals surface area contributed by atoms with E-state index in [9.17, 15) is 19.7 Å². The van der Waals surface area contributed by atoms with E-state index < -0.39 is 4.92 Å². The number of ether oxygens (including phenoxy) is 1. The van der Waals surface area contributed by atoms with Crippen LogP contribution in [0.25, 0.3) is 0 Å². The molecule has 0 aromatic heterocycles. The molecule has 8 heteroatoms. The summed E-state index contributed by atoms with van der Waals surface area (Å²) in [5, 5.41) is 13.9. The fraction of sp³-hybridized carbons (Fsp3) is 0.133. The second kappa shape index (κ2) is 11.8. The molecule has 192 valence electrons. The summed E-state index contributed by atoms with van der Waals surface area (Å²) in [5.74, 6) is 0.196. The lowest BCUT2D eigenvalue weighted by Crippen LogP contribution is -2.30. The Morgan fingerprint density at radius 2 is 1.58 bits per heavy atom. The molecule has 4 rings (SSSR count). The summed E-state index contributed by atoms with van der Waals surface area (Å²) < 4.78 is 5.15. The highest BCUT2D eigenvalue weighted by atomic mass is 16.6. The van der Waals surface area contributed by atoms with E-state index >= 15 is 0 Å². The first kappa shape index (κ1) is 26.1. The highest BCUT2D eigenvalue weighted by Crippen LogP contribution is 2.24. The van der Waals surface area contributed by atoms with Gasteiger partial charge in [0.1, 0.15) is 5.75 Å². The van der Waals surface area contributed by atoms with Crippen molar-refractivity contribution in [3.8, 4) is 5.75 Å². The molecule has 0 fully saturated rings. The van der Waals surface area contributed by atoms with Crippen molar-refractivity contribution >= 4 is 28.9 Å². The van der Waals surface area contributed by atoms with Gasteiger partial charge in [-0.15, -0.1) is 0 Å². The summed E-state index contributed by atoms with van der Waals surface area (Å²) in [6, 6.07) is 27.7. The van der Waals surface area contributed by atoms with Gasteiger partial charge in [-0.3, -0.25) is 19.7 Å². The van der Waals surface area contributed by atoms with Gasteiger partial charge >= 0.3 is 0 Å². The summed E-state index contributed by atoms with van der Waals surface area (Å²) in [7, 11) is 1.58. The monoisotopic (exact) mass is 509 g/mol. The number of anilines is 2. The van der Waals surface area contributed by atoms with Crippen LogP contribution in [0.2, 0.25) is 0 Å². The zero-order valence-electron chi connectivity index (χ0n) is 21.1. The van der Waals surface area contributed by atoms with Crippen molar-refractivity contribution in [3.63, 3.8) is 0 Å². The van der Waals surface area contributed by atoms with Gasteiger partial charge in [-0.1, -0.05) is 42.0 Å². The molecule has 0 unspecified atom stereocenters. The van der Waals surface area contributed by atoms with E-state index in [-0.39, 0.29) is 30.5 Å². The lowest BCUT2D eigenvalue weighted by Gasteiger charge is -2.24. The number of non-ortho nitro benzene ring substituents is 1. The van der Waals surface area contributed by atoms with E-state index in [2.05, 4.69) is 5.32 Å². The number of hydrogen-bond donors (Lipinski definition) is 1. The molecule has 4 aromatic carbocycles. The predicted molar refractivity (Wildman–Crippen MR) is 147 cm³/mol. The van der Waals surface area contributed by atoms with E-state index in [4.69, 9.17) is 4.74 Å². The fourth-order valence-corrected chi connectivity index (χ4v) is 3.94. The Labute approximate surface area is 220 Å². The average molecular weight is 510 g/mol. The summed E-state index contributed by atoms with van der Waals surface area (Å²) in [5.41, 5.74) is 4.27. The number of amides is 2. The number of nitro groups is 1. The van der Waals surface area contributed by atoms with Gasteiger partial charge in [0.25, 0.3) is 11.6 Å². The molecule has 0 aliphatic carbocycles. The first-order valence-corrected chi connectivity index (χ1v) is 12.0. The van der Waals surface area contributed by atoms with Gasteiger partial charge in [-0.25, -0.2) is 0 Å². The molecule has 38 heavy (non-hydrogen) atoms. The first-order chi connectivity index (χ1) is 18.3. The molecular formula is C30H27N3O5. The third-order valence-electron chi connectivity index (χ3n) is 5.99. The highest BCUT2D eigenvalue weighted by molar-refractivity contribution is 6.06. The largest absolute Gasteiger partial charge is 0.497 e. The van der Waals surface area contributed by atoms with Crippen LogP contribution in [0.4, 0.5) is 17.1 Å². The van der Waals surface area contributed by atoms with Gasteiger partial charge in [0.2, 0.25) is 5.91 Å². The second-order valence-corrected chi connectivity index (χ2v) is 8.80. The third-order valence-corrected chi connectivity index (χ3v) is 5.99. The topological polar surface area (TPSA) is 102 Å². The lowest BCUT2D eigenvalue weighted by atomic mass is 10.1. The maximum absolute atomic E-state index is 13.6. The Balaban J connectivity index is 1.58. The van der Waals surface area contributed by atoms with Crippen LogP contribution in [0.3, 0.4) is 0 Å². The molecular weight excluding hydrogens is 482 g/mol. The molecule has 0 heterocycles. The molecule has 0 aliphatic rings. The smallest absolute Gasteiger partial charge is 0.269 e. The van der Waals surface area contributed by atoms with Gasteiger partial charge in [0.15, 0.2) is 0 Å². The van der Waals surface area contributed by atoms with Crippen molar-refractivity contribution in [3.05, 3.63) is 129 Å². The zero-order valence-corrected chi connectivity index (χ0v) is 21.1. The Bertz CT molecular complexity index is 1430. The van der Waals surface area contributed by atoms with Crippen LogP contribution >= 0.6 is 0 Å². The summed E-state index contributed by atoms with van der Waals surface area (Å²) in [4.78, 5) is 38.5.